The average Bonchev–Trinajstić information content (AvgIpc) is 1.83. The molecule has 0 heterocycles. The first kappa shape index (κ1) is 7.92. The van der Waals surface area contributed by atoms with Gasteiger partial charge in [-0.25, -0.2) is 5.01 Å². The van der Waals surface area contributed by atoms with Crippen LogP contribution in [0.15, 0.2) is 0 Å². The van der Waals surface area contributed by atoms with E-state index in [0.29, 0.717) is 0 Å². The predicted molar refractivity (Wildman–Crippen MR) is 36.3 cm³/mol. The van der Waals surface area contributed by atoms with E-state index in [2.05, 4.69) is 31.2 Å². The van der Waals surface area contributed by atoms with E-state index in [1.54, 1.807) is 0 Å². The van der Waals surface area contributed by atoms with Gasteiger partial charge in [0.15, 0.2) is 0 Å². The van der Waals surface area contributed by atoms with E-state index in [1.807, 2.05) is 0 Å². The number of rotatable bonds is 4. The van der Waals surface area contributed by atoms with E-state index >= 15 is 0 Å². The van der Waals surface area contributed by atoms with Crippen LogP contribution >= 0.6 is 0 Å². The molecule has 49 valence electrons. The molecule has 2 nitrogen and oxygen atoms in total. The number of hydrogen-bond acceptors (Lipinski definition) is 2. The van der Waals surface area contributed by atoms with Gasteiger partial charge in [-0.3, -0.25) is 5.43 Å². The van der Waals surface area contributed by atoms with Crippen molar-refractivity contribution < 1.29 is 0 Å². The molecule has 0 rings (SSSR count). The van der Waals surface area contributed by atoms with Crippen LogP contribution in [0.2, 0.25) is 0 Å². The first-order valence-corrected chi connectivity index (χ1v) is 3.12. The van der Waals surface area contributed by atoms with E-state index in [0.717, 1.165) is 19.6 Å². The van der Waals surface area contributed by atoms with E-state index < -0.39 is 0 Å². The minimum atomic E-state index is 0.779. The van der Waals surface area contributed by atoms with Gasteiger partial charge in [0, 0.05) is 19.6 Å². The number of nitrogens with zero attached hydrogens (tertiary/aromatic N) is 1. The zero-order valence-corrected chi connectivity index (χ0v) is 5.78. The molecule has 1 radical (unpaired) electrons. The summed E-state index contributed by atoms with van der Waals surface area (Å²) in [6.07, 6.45) is 0. The zero-order valence-electron chi connectivity index (χ0n) is 5.78. The summed E-state index contributed by atoms with van der Waals surface area (Å²) in [6.45, 7) is 10.8. The van der Waals surface area contributed by atoms with Gasteiger partial charge in [0.2, 0.25) is 0 Å². The molecule has 0 amide bonds. The van der Waals surface area contributed by atoms with E-state index in [9.17, 15) is 0 Å². The Hall–Kier alpha value is -0.0800. The number of hydrazine groups is 1. The van der Waals surface area contributed by atoms with Crippen LogP contribution < -0.4 is 5.43 Å². The van der Waals surface area contributed by atoms with Crippen molar-refractivity contribution in [3.8, 4) is 0 Å². The molecule has 0 saturated carbocycles. The van der Waals surface area contributed by atoms with Gasteiger partial charge >= 0.3 is 0 Å². The van der Waals surface area contributed by atoms with Crippen molar-refractivity contribution in [1.82, 2.24) is 10.4 Å². The highest BCUT2D eigenvalue weighted by molar-refractivity contribution is 4.45. The van der Waals surface area contributed by atoms with E-state index in [1.165, 1.54) is 0 Å². The molecule has 0 fully saturated rings. The molecule has 0 aromatic heterocycles. The highest BCUT2D eigenvalue weighted by Gasteiger charge is 1.91. The highest BCUT2D eigenvalue weighted by atomic mass is 15.5. The molecular weight excluding hydrogens is 100 g/mol. The van der Waals surface area contributed by atoms with Crippen LogP contribution in [0.5, 0.6) is 0 Å². The summed E-state index contributed by atoms with van der Waals surface area (Å²) < 4.78 is 0. The molecule has 0 unspecified atom stereocenters. The van der Waals surface area contributed by atoms with Gasteiger partial charge in [-0.2, -0.15) is 0 Å². The molecule has 0 aromatic carbocycles. The smallest absolute Gasteiger partial charge is 0.0103 e. The fourth-order valence-corrected chi connectivity index (χ4v) is 0.605. The van der Waals surface area contributed by atoms with Gasteiger partial charge in [0.25, 0.3) is 0 Å². The summed E-state index contributed by atoms with van der Waals surface area (Å²) in [7, 11) is 0. The Labute approximate surface area is 51.8 Å². The van der Waals surface area contributed by atoms with Gasteiger partial charge < -0.3 is 0 Å². The van der Waals surface area contributed by atoms with Gasteiger partial charge in [0.1, 0.15) is 0 Å². The van der Waals surface area contributed by atoms with Crippen molar-refractivity contribution in [3.63, 3.8) is 0 Å². The Kier molecular flexibility index (Phi) is 5.01. The maximum absolute atomic E-state index is 3.67. The van der Waals surface area contributed by atoms with Crippen LogP contribution in [0, 0.1) is 6.92 Å². The summed E-state index contributed by atoms with van der Waals surface area (Å²) >= 11 is 0. The average molecular weight is 115 g/mol. The lowest BCUT2D eigenvalue weighted by atomic mass is 10.6. The van der Waals surface area contributed by atoms with E-state index in [-0.39, 0.29) is 0 Å². The predicted octanol–water partition coefficient (Wildman–Crippen LogP) is 0.667. The monoisotopic (exact) mass is 115 g/mol. The molecule has 0 aliphatic carbocycles. The third-order valence-corrected chi connectivity index (χ3v) is 1.10. The Morgan fingerprint density at radius 1 is 1.38 bits per heavy atom. The SMILES string of the molecule is [CH2]CNN(CC)CC. The second-order valence-electron chi connectivity index (χ2n) is 1.58. The molecule has 1 N–H and O–H groups in total. The maximum Gasteiger partial charge on any atom is 0.0103 e. The van der Waals surface area contributed by atoms with Crippen molar-refractivity contribution in [2.75, 3.05) is 19.6 Å². The molecule has 0 aliphatic heterocycles. The molecular formula is C6H15N2. The Morgan fingerprint density at radius 3 is 2.00 bits per heavy atom. The van der Waals surface area contributed by atoms with Gasteiger partial charge in [-0.15, -0.1) is 0 Å². The van der Waals surface area contributed by atoms with E-state index in [4.69, 9.17) is 0 Å². The minimum Gasteiger partial charge on any atom is -0.255 e. The lowest BCUT2D eigenvalue weighted by Gasteiger charge is -2.17. The number of hydrogen-bond donors (Lipinski definition) is 1. The fraction of sp³-hybridized carbons (Fsp3) is 0.833. The molecule has 0 spiro atoms. The summed E-state index contributed by atoms with van der Waals surface area (Å²) in [5, 5.41) is 2.12. The van der Waals surface area contributed by atoms with Crippen molar-refractivity contribution in [1.29, 1.82) is 0 Å². The van der Waals surface area contributed by atoms with Crippen LogP contribution in [0.1, 0.15) is 13.8 Å². The van der Waals surface area contributed by atoms with Crippen LogP contribution in [0.3, 0.4) is 0 Å². The van der Waals surface area contributed by atoms with Crippen LogP contribution in [0.4, 0.5) is 0 Å². The van der Waals surface area contributed by atoms with Gasteiger partial charge in [-0.1, -0.05) is 13.8 Å². The summed E-state index contributed by atoms with van der Waals surface area (Å²) in [5.74, 6) is 0. The summed E-state index contributed by atoms with van der Waals surface area (Å²) in [6, 6.07) is 0. The molecule has 0 bridgehead atoms. The Bertz CT molecular complexity index is 41.8. The Balaban J connectivity index is 3.07. The molecule has 0 aliphatic rings. The Morgan fingerprint density at radius 2 is 1.88 bits per heavy atom. The van der Waals surface area contributed by atoms with Crippen LogP contribution in [-0.4, -0.2) is 24.6 Å². The summed E-state index contributed by atoms with van der Waals surface area (Å²) in [5.41, 5.74) is 3.10. The van der Waals surface area contributed by atoms with Crippen molar-refractivity contribution in [3.05, 3.63) is 6.92 Å². The maximum atomic E-state index is 3.67. The third kappa shape index (κ3) is 2.99. The van der Waals surface area contributed by atoms with Gasteiger partial charge in [0.05, 0.1) is 0 Å². The normalized spacial score (nSPS) is 10.5. The molecule has 0 aromatic rings. The topological polar surface area (TPSA) is 15.3 Å². The number of nitrogens with one attached hydrogen (secondary N) is 1. The first-order valence-electron chi connectivity index (χ1n) is 3.12. The lowest BCUT2D eigenvalue weighted by molar-refractivity contribution is 0.220. The van der Waals surface area contributed by atoms with Crippen LogP contribution in [0.25, 0.3) is 0 Å². The molecule has 0 saturated heterocycles. The largest absolute Gasteiger partial charge is 0.255 e. The second-order valence-corrected chi connectivity index (χ2v) is 1.58. The fourth-order valence-electron chi connectivity index (χ4n) is 0.605. The third-order valence-electron chi connectivity index (χ3n) is 1.10. The zero-order chi connectivity index (χ0) is 6.41. The first-order chi connectivity index (χ1) is 3.85. The van der Waals surface area contributed by atoms with Crippen molar-refractivity contribution >= 4 is 0 Å². The lowest BCUT2D eigenvalue weighted by Crippen LogP contribution is -2.37. The molecule has 2 heteroatoms. The standard InChI is InChI=1S/C6H15N2/c1-4-7-8(5-2)6-3/h7H,1,4-6H2,2-3H3. The summed E-state index contributed by atoms with van der Waals surface area (Å²) in [4.78, 5) is 0. The van der Waals surface area contributed by atoms with Crippen molar-refractivity contribution in [2.24, 2.45) is 0 Å². The highest BCUT2D eigenvalue weighted by Crippen LogP contribution is 1.76. The minimum absolute atomic E-state index is 0.779. The van der Waals surface area contributed by atoms with Crippen LogP contribution in [-0.2, 0) is 0 Å². The second kappa shape index (κ2) is 5.06. The molecule has 8 heavy (non-hydrogen) atoms. The quantitative estimate of drug-likeness (QED) is 0.542. The van der Waals surface area contributed by atoms with Gasteiger partial charge in [-0.05, 0) is 6.92 Å². The molecule has 0 atom stereocenters. The van der Waals surface area contributed by atoms with Crippen molar-refractivity contribution in [2.45, 2.75) is 13.8 Å².